The molecule has 128 valence electrons. The predicted octanol–water partition coefficient (Wildman–Crippen LogP) is 2.18. The summed E-state index contributed by atoms with van der Waals surface area (Å²) in [4.78, 5) is 15.5. The van der Waals surface area contributed by atoms with Gasteiger partial charge < -0.3 is 4.90 Å². The standard InChI is InChI=1S/C16H24N2O3S2/c1-17(12-13-7-9-14(22-2)10-8-13)16(19)15-6-4-5-11-18(15)23(3,20)21/h7-10,15H,4-6,11-12H2,1-3H3. The minimum atomic E-state index is -3.35. The Morgan fingerprint density at radius 3 is 2.52 bits per heavy atom. The number of hydrogen-bond acceptors (Lipinski definition) is 4. The highest BCUT2D eigenvalue weighted by Crippen LogP contribution is 2.22. The van der Waals surface area contributed by atoms with Gasteiger partial charge in [-0.25, -0.2) is 8.42 Å². The van der Waals surface area contributed by atoms with Crippen LogP contribution in [0.5, 0.6) is 0 Å². The number of carbonyl (C=O) groups excluding carboxylic acids is 1. The van der Waals surface area contributed by atoms with E-state index in [0.717, 1.165) is 18.4 Å². The van der Waals surface area contributed by atoms with Crippen LogP contribution in [0.25, 0.3) is 0 Å². The van der Waals surface area contributed by atoms with Crippen molar-refractivity contribution in [3.8, 4) is 0 Å². The Hall–Kier alpha value is -1.05. The van der Waals surface area contributed by atoms with Crippen LogP contribution in [0.2, 0.25) is 0 Å². The molecule has 1 aliphatic rings. The average Bonchev–Trinajstić information content (AvgIpc) is 2.54. The van der Waals surface area contributed by atoms with Crippen molar-refractivity contribution in [2.45, 2.75) is 36.7 Å². The van der Waals surface area contributed by atoms with Crippen LogP contribution in [0.4, 0.5) is 0 Å². The SMILES string of the molecule is CSc1ccc(CN(C)C(=O)C2CCCCN2S(C)(=O)=O)cc1. The van der Waals surface area contributed by atoms with Crippen LogP contribution in [0.1, 0.15) is 24.8 Å². The van der Waals surface area contributed by atoms with Gasteiger partial charge in [-0.3, -0.25) is 4.79 Å². The fourth-order valence-electron chi connectivity index (χ4n) is 2.89. The van der Waals surface area contributed by atoms with E-state index in [9.17, 15) is 13.2 Å². The molecule has 1 fully saturated rings. The van der Waals surface area contributed by atoms with E-state index < -0.39 is 16.1 Å². The largest absolute Gasteiger partial charge is 0.340 e. The number of carbonyl (C=O) groups is 1. The van der Waals surface area contributed by atoms with Crippen molar-refractivity contribution in [2.24, 2.45) is 0 Å². The van der Waals surface area contributed by atoms with E-state index in [0.29, 0.717) is 19.5 Å². The maximum Gasteiger partial charge on any atom is 0.241 e. The highest BCUT2D eigenvalue weighted by Gasteiger charge is 2.35. The maximum absolute atomic E-state index is 12.7. The summed E-state index contributed by atoms with van der Waals surface area (Å²) in [5, 5.41) is 0. The number of sulfonamides is 1. The fourth-order valence-corrected chi connectivity index (χ4v) is 4.41. The van der Waals surface area contributed by atoms with Gasteiger partial charge in [0.25, 0.3) is 0 Å². The Morgan fingerprint density at radius 2 is 1.96 bits per heavy atom. The summed E-state index contributed by atoms with van der Waals surface area (Å²) in [6.07, 6.45) is 5.50. The molecule has 23 heavy (non-hydrogen) atoms. The molecule has 1 saturated heterocycles. The van der Waals surface area contributed by atoms with Crippen LogP contribution in [-0.4, -0.2) is 55.7 Å². The second kappa shape index (κ2) is 7.68. The minimum Gasteiger partial charge on any atom is -0.340 e. The molecule has 0 radical (unpaired) electrons. The summed E-state index contributed by atoms with van der Waals surface area (Å²) in [5.41, 5.74) is 1.04. The van der Waals surface area contributed by atoms with Crippen molar-refractivity contribution in [2.75, 3.05) is 26.1 Å². The third-order valence-electron chi connectivity index (χ3n) is 4.12. The van der Waals surface area contributed by atoms with Gasteiger partial charge in [0.15, 0.2) is 0 Å². The molecule has 5 nitrogen and oxygen atoms in total. The van der Waals surface area contributed by atoms with E-state index in [1.54, 1.807) is 23.7 Å². The Balaban J connectivity index is 2.07. The first kappa shape index (κ1) is 18.3. The van der Waals surface area contributed by atoms with E-state index in [1.165, 1.54) is 15.5 Å². The van der Waals surface area contributed by atoms with Gasteiger partial charge in [0.2, 0.25) is 15.9 Å². The Kier molecular flexibility index (Phi) is 6.11. The van der Waals surface area contributed by atoms with E-state index in [1.807, 2.05) is 30.5 Å². The van der Waals surface area contributed by atoms with Crippen LogP contribution >= 0.6 is 11.8 Å². The van der Waals surface area contributed by atoms with Crippen molar-refractivity contribution in [3.63, 3.8) is 0 Å². The molecule has 1 aromatic rings. The van der Waals surface area contributed by atoms with Gasteiger partial charge in [-0.1, -0.05) is 18.6 Å². The van der Waals surface area contributed by atoms with E-state index in [2.05, 4.69) is 0 Å². The molecule has 1 aromatic carbocycles. The highest BCUT2D eigenvalue weighted by atomic mass is 32.2. The zero-order valence-corrected chi connectivity index (χ0v) is 15.5. The number of likely N-dealkylation sites (N-methyl/N-ethyl adjacent to an activating group) is 1. The topological polar surface area (TPSA) is 57.7 Å². The lowest BCUT2D eigenvalue weighted by Crippen LogP contribution is -2.51. The van der Waals surface area contributed by atoms with Gasteiger partial charge in [0, 0.05) is 25.0 Å². The van der Waals surface area contributed by atoms with Crippen LogP contribution in [0.3, 0.4) is 0 Å². The quantitative estimate of drug-likeness (QED) is 0.759. The van der Waals surface area contributed by atoms with E-state index in [4.69, 9.17) is 0 Å². The summed E-state index contributed by atoms with van der Waals surface area (Å²) in [7, 11) is -1.62. The summed E-state index contributed by atoms with van der Waals surface area (Å²) in [5.74, 6) is -0.121. The first-order valence-corrected chi connectivity index (χ1v) is 10.7. The van der Waals surface area contributed by atoms with E-state index >= 15 is 0 Å². The molecule has 1 unspecified atom stereocenters. The molecule has 0 aromatic heterocycles. The minimum absolute atomic E-state index is 0.121. The number of nitrogens with zero attached hydrogens (tertiary/aromatic N) is 2. The van der Waals surface area contributed by atoms with Crippen LogP contribution < -0.4 is 0 Å². The van der Waals surface area contributed by atoms with Crippen LogP contribution in [0.15, 0.2) is 29.2 Å². The summed E-state index contributed by atoms with van der Waals surface area (Å²) < 4.78 is 25.2. The first-order valence-electron chi connectivity index (χ1n) is 7.67. The maximum atomic E-state index is 12.7. The molecule has 0 saturated carbocycles. The van der Waals surface area contributed by atoms with Crippen molar-refractivity contribution >= 4 is 27.7 Å². The van der Waals surface area contributed by atoms with Crippen LogP contribution in [-0.2, 0) is 21.4 Å². The molecule has 1 heterocycles. The number of amides is 1. The van der Waals surface area contributed by atoms with Gasteiger partial charge in [-0.2, -0.15) is 4.31 Å². The molecular formula is C16H24N2O3S2. The van der Waals surface area contributed by atoms with E-state index in [-0.39, 0.29) is 5.91 Å². The molecule has 0 spiro atoms. The smallest absolute Gasteiger partial charge is 0.241 e. The van der Waals surface area contributed by atoms with Crippen molar-refractivity contribution in [3.05, 3.63) is 29.8 Å². The zero-order valence-electron chi connectivity index (χ0n) is 13.9. The molecule has 7 heteroatoms. The van der Waals surface area contributed by atoms with Gasteiger partial charge in [-0.05, 0) is 36.8 Å². The number of piperidine rings is 1. The lowest BCUT2D eigenvalue weighted by Gasteiger charge is -2.35. The Labute approximate surface area is 143 Å². The summed E-state index contributed by atoms with van der Waals surface area (Å²) in [6, 6.07) is 7.51. The van der Waals surface area contributed by atoms with Gasteiger partial charge in [-0.15, -0.1) is 11.8 Å². The molecular weight excluding hydrogens is 332 g/mol. The lowest BCUT2D eigenvalue weighted by atomic mass is 10.0. The van der Waals surface area contributed by atoms with Crippen molar-refractivity contribution in [1.82, 2.24) is 9.21 Å². The fraction of sp³-hybridized carbons (Fsp3) is 0.562. The molecule has 1 amide bonds. The zero-order chi connectivity index (χ0) is 17.0. The van der Waals surface area contributed by atoms with Gasteiger partial charge in [0.05, 0.1) is 6.26 Å². The average molecular weight is 357 g/mol. The number of thioether (sulfide) groups is 1. The third-order valence-corrected chi connectivity index (χ3v) is 6.15. The van der Waals surface area contributed by atoms with Crippen molar-refractivity contribution in [1.29, 1.82) is 0 Å². The predicted molar refractivity (Wildman–Crippen MR) is 93.9 cm³/mol. The third kappa shape index (κ3) is 4.71. The molecule has 1 aliphatic heterocycles. The Bertz CT molecular complexity index is 644. The summed E-state index contributed by atoms with van der Waals surface area (Å²) >= 11 is 1.67. The van der Waals surface area contributed by atoms with Gasteiger partial charge >= 0.3 is 0 Å². The second-order valence-corrected chi connectivity index (χ2v) is 8.74. The molecule has 2 rings (SSSR count). The number of hydrogen-bond donors (Lipinski definition) is 0. The molecule has 1 atom stereocenters. The van der Waals surface area contributed by atoms with Crippen molar-refractivity contribution < 1.29 is 13.2 Å². The second-order valence-electron chi connectivity index (χ2n) is 5.93. The number of rotatable bonds is 5. The normalized spacial score (nSPS) is 19.5. The monoisotopic (exact) mass is 356 g/mol. The molecule has 0 N–H and O–H groups in total. The first-order chi connectivity index (χ1) is 10.8. The van der Waals surface area contributed by atoms with Gasteiger partial charge in [0.1, 0.15) is 6.04 Å². The lowest BCUT2D eigenvalue weighted by molar-refractivity contribution is -0.135. The molecule has 0 bridgehead atoms. The number of benzene rings is 1. The molecule has 0 aliphatic carbocycles. The van der Waals surface area contributed by atoms with Crippen LogP contribution in [0, 0.1) is 0 Å². The highest BCUT2D eigenvalue weighted by molar-refractivity contribution is 7.98. The Morgan fingerprint density at radius 1 is 1.30 bits per heavy atom. The summed E-state index contributed by atoms with van der Waals surface area (Å²) in [6.45, 7) is 0.924.